The maximum absolute atomic E-state index is 3.09. The Morgan fingerprint density at radius 1 is 1.33 bits per heavy atom. The van der Waals surface area contributed by atoms with E-state index >= 15 is 0 Å². The fraction of sp³-hybridized carbons (Fsp3) is 0.167. The fourth-order valence-corrected chi connectivity index (χ4v) is 1.46. The van der Waals surface area contributed by atoms with Crippen molar-refractivity contribution in [1.29, 1.82) is 0 Å². The van der Waals surface area contributed by atoms with E-state index in [4.69, 9.17) is 0 Å². The van der Waals surface area contributed by atoms with E-state index in [9.17, 15) is 0 Å². The van der Waals surface area contributed by atoms with Crippen LogP contribution in [-0.4, -0.2) is 0 Å². The summed E-state index contributed by atoms with van der Waals surface area (Å²) in [6.07, 6.45) is 4.91. The Bertz CT molecular complexity index is 386. The normalized spacial score (nSPS) is 12.8. The fourth-order valence-electron chi connectivity index (χ4n) is 1.46. The summed E-state index contributed by atoms with van der Waals surface area (Å²) in [6, 6.07) is 6.37. The Balaban J connectivity index is 2.61. The van der Waals surface area contributed by atoms with Crippen LogP contribution in [0.15, 0.2) is 24.3 Å². The molecule has 0 radical (unpaired) electrons. The average Bonchev–Trinajstić information content (AvgIpc) is 2.30. The van der Waals surface area contributed by atoms with Crippen LogP contribution in [0.2, 0.25) is 0 Å². The van der Waals surface area contributed by atoms with Crippen LogP contribution in [-0.2, 0) is 6.42 Å². The topological polar surface area (TPSA) is 0 Å². The molecule has 0 aliphatic heterocycles. The van der Waals surface area contributed by atoms with Crippen LogP contribution in [0, 0.1) is 18.8 Å². The third kappa shape index (κ3) is 1.14. The van der Waals surface area contributed by atoms with Gasteiger partial charge in [0.05, 0.1) is 0 Å². The van der Waals surface area contributed by atoms with Gasteiger partial charge in [-0.25, -0.2) is 0 Å². The Morgan fingerprint density at radius 3 is 3.17 bits per heavy atom. The van der Waals surface area contributed by atoms with E-state index in [-0.39, 0.29) is 0 Å². The first-order valence-corrected chi connectivity index (χ1v) is 4.11. The van der Waals surface area contributed by atoms with Crippen molar-refractivity contribution in [3.63, 3.8) is 0 Å². The molecule has 12 heavy (non-hydrogen) atoms. The summed E-state index contributed by atoms with van der Waals surface area (Å²) in [4.78, 5) is 0. The SMILES string of the molecule is Cc1cccc2c1C=CC#CC2. The second-order valence-electron chi connectivity index (χ2n) is 2.98. The van der Waals surface area contributed by atoms with Crippen LogP contribution in [0.1, 0.15) is 16.7 Å². The van der Waals surface area contributed by atoms with Crippen LogP contribution in [0.25, 0.3) is 6.08 Å². The van der Waals surface area contributed by atoms with Crippen LogP contribution >= 0.6 is 0 Å². The van der Waals surface area contributed by atoms with Gasteiger partial charge in [-0.3, -0.25) is 0 Å². The largest absolute Gasteiger partial charge is 0.0937 e. The first-order valence-electron chi connectivity index (χ1n) is 4.11. The predicted octanol–water partition coefficient (Wildman–Crippen LogP) is 2.57. The smallest absolute Gasteiger partial charge is 0.0349 e. The molecule has 0 bridgehead atoms. The summed E-state index contributed by atoms with van der Waals surface area (Å²) in [5, 5.41) is 0. The highest BCUT2D eigenvalue weighted by Crippen LogP contribution is 2.17. The minimum Gasteiger partial charge on any atom is -0.0937 e. The number of hydrogen-bond donors (Lipinski definition) is 0. The molecule has 1 aliphatic rings. The van der Waals surface area contributed by atoms with Gasteiger partial charge in [-0.15, -0.1) is 0 Å². The molecule has 2 rings (SSSR count). The minimum absolute atomic E-state index is 0.879. The van der Waals surface area contributed by atoms with Crippen LogP contribution in [0.3, 0.4) is 0 Å². The maximum Gasteiger partial charge on any atom is 0.0349 e. The first kappa shape index (κ1) is 7.18. The highest BCUT2D eigenvalue weighted by molar-refractivity contribution is 5.62. The van der Waals surface area contributed by atoms with Crippen LogP contribution in [0.5, 0.6) is 0 Å². The molecule has 1 aromatic rings. The van der Waals surface area contributed by atoms with E-state index in [0.717, 1.165) is 6.42 Å². The van der Waals surface area contributed by atoms with Gasteiger partial charge in [-0.05, 0) is 35.8 Å². The van der Waals surface area contributed by atoms with Gasteiger partial charge in [-0.1, -0.05) is 30.0 Å². The molecule has 0 saturated heterocycles. The van der Waals surface area contributed by atoms with Gasteiger partial charge >= 0.3 is 0 Å². The molecule has 0 heteroatoms. The van der Waals surface area contributed by atoms with E-state index in [1.165, 1.54) is 16.7 Å². The zero-order chi connectivity index (χ0) is 8.39. The summed E-state index contributed by atoms with van der Waals surface area (Å²) < 4.78 is 0. The minimum atomic E-state index is 0.879. The zero-order valence-electron chi connectivity index (χ0n) is 7.09. The second kappa shape index (κ2) is 2.87. The molecular weight excluding hydrogens is 144 g/mol. The average molecular weight is 154 g/mol. The number of aryl methyl sites for hydroxylation is 1. The van der Waals surface area contributed by atoms with Gasteiger partial charge in [0.25, 0.3) is 0 Å². The summed E-state index contributed by atoms with van der Waals surface area (Å²) in [6.45, 7) is 2.13. The van der Waals surface area contributed by atoms with Crippen LogP contribution < -0.4 is 0 Å². The number of benzene rings is 1. The van der Waals surface area contributed by atoms with Crippen molar-refractivity contribution in [2.24, 2.45) is 0 Å². The molecule has 0 nitrogen and oxygen atoms in total. The standard InChI is InChI=1S/C12H10/c1-10-6-5-8-11-7-3-2-4-9-12(10)11/h4-6,8-9H,7H2,1H3. The molecule has 0 heterocycles. The number of rotatable bonds is 0. The van der Waals surface area contributed by atoms with Gasteiger partial charge in [-0.2, -0.15) is 0 Å². The molecule has 0 amide bonds. The van der Waals surface area contributed by atoms with Gasteiger partial charge in [0.15, 0.2) is 0 Å². The van der Waals surface area contributed by atoms with Gasteiger partial charge in [0.1, 0.15) is 0 Å². The van der Waals surface area contributed by atoms with Crippen molar-refractivity contribution in [2.45, 2.75) is 13.3 Å². The predicted molar refractivity (Wildman–Crippen MR) is 51.7 cm³/mol. The highest BCUT2D eigenvalue weighted by Gasteiger charge is 2.01. The molecule has 0 aromatic heterocycles. The van der Waals surface area contributed by atoms with Gasteiger partial charge in [0, 0.05) is 6.42 Å². The molecular formula is C12H10. The summed E-state index contributed by atoms with van der Waals surface area (Å²) in [5.41, 5.74) is 4.00. The molecule has 0 N–H and O–H groups in total. The summed E-state index contributed by atoms with van der Waals surface area (Å²) in [7, 11) is 0. The molecule has 0 fully saturated rings. The van der Waals surface area contributed by atoms with Crippen molar-refractivity contribution < 1.29 is 0 Å². The summed E-state index contributed by atoms with van der Waals surface area (Å²) in [5.74, 6) is 6.08. The maximum atomic E-state index is 3.09. The van der Waals surface area contributed by atoms with Crippen molar-refractivity contribution in [2.75, 3.05) is 0 Å². The van der Waals surface area contributed by atoms with Crippen molar-refractivity contribution in [3.05, 3.63) is 41.0 Å². The molecule has 0 atom stereocenters. The van der Waals surface area contributed by atoms with E-state index in [1.54, 1.807) is 0 Å². The lowest BCUT2D eigenvalue weighted by Crippen LogP contribution is -1.89. The Hall–Kier alpha value is -1.48. The van der Waals surface area contributed by atoms with E-state index in [2.05, 4.69) is 43.0 Å². The summed E-state index contributed by atoms with van der Waals surface area (Å²) >= 11 is 0. The third-order valence-corrected chi connectivity index (χ3v) is 2.13. The van der Waals surface area contributed by atoms with Gasteiger partial charge < -0.3 is 0 Å². The van der Waals surface area contributed by atoms with Crippen LogP contribution in [0.4, 0.5) is 0 Å². The van der Waals surface area contributed by atoms with Crippen molar-refractivity contribution in [3.8, 4) is 11.8 Å². The van der Waals surface area contributed by atoms with Gasteiger partial charge in [0.2, 0.25) is 0 Å². The van der Waals surface area contributed by atoms with E-state index in [0.29, 0.717) is 0 Å². The lowest BCUT2D eigenvalue weighted by molar-refractivity contribution is 1.27. The van der Waals surface area contributed by atoms with Crippen molar-refractivity contribution in [1.82, 2.24) is 0 Å². The lowest BCUT2D eigenvalue weighted by Gasteiger charge is -2.04. The molecule has 0 spiro atoms. The first-order chi connectivity index (χ1) is 5.88. The third-order valence-electron chi connectivity index (χ3n) is 2.13. The van der Waals surface area contributed by atoms with E-state index in [1.807, 2.05) is 6.08 Å². The second-order valence-corrected chi connectivity index (χ2v) is 2.98. The Morgan fingerprint density at radius 2 is 2.25 bits per heavy atom. The number of allylic oxidation sites excluding steroid dienone is 1. The van der Waals surface area contributed by atoms with Crippen molar-refractivity contribution >= 4 is 6.08 Å². The number of hydrogen-bond acceptors (Lipinski definition) is 0. The molecule has 1 aliphatic carbocycles. The molecule has 0 unspecified atom stereocenters. The number of fused-ring (bicyclic) bond motifs is 1. The Labute approximate surface area is 72.9 Å². The highest BCUT2D eigenvalue weighted by atomic mass is 14.1. The molecule has 1 aromatic carbocycles. The molecule has 0 saturated carbocycles. The quantitative estimate of drug-likeness (QED) is 0.504. The molecule has 58 valence electrons. The van der Waals surface area contributed by atoms with E-state index < -0.39 is 0 Å². The monoisotopic (exact) mass is 154 g/mol. The zero-order valence-corrected chi connectivity index (χ0v) is 7.09. The lowest BCUT2D eigenvalue weighted by atomic mass is 10.0. The Kier molecular flexibility index (Phi) is 1.72.